The van der Waals surface area contributed by atoms with Crippen LogP contribution in [0.2, 0.25) is 0 Å². The van der Waals surface area contributed by atoms with Crippen LogP contribution in [0.25, 0.3) is 0 Å². The van der Waals surface area contributed by atoms with Crippen molar-refractivity contribution in [2.75, 3.05) is 0 Å². The van der Waals surface area contributed by atoms with Gasteiger partial charge < -0.3 is 0 Å². The molecular weight excluding hydrogens is 168 g/mol. The third-order valence-electron chi connectivity index (χ3n) is 2.59. The van der Waals surface area contributed by atoms with E-state index in [-0.39, 0.29) is 0 Å². The summed E-state index contributed by atoms with van der Waals surface area (Å²) in [6.45, 7) is 13.8. The van der Waals surface area contributed by atoms with Gasteiger partial charge in [-0.25, -0.2) is 0 Å². The third kappa shape index (κ3) is 7.17. The van der Waals surface area contributed by atoms with Crippen molar-refractivity contribution in [1.82, 2.24) is 0 Å². The summed E-state index contributed by atoms with van der Waals surface area (Å²) in [5.41, 5.74) is 0. The minimum Gasteiger partial charge on any atom is -0.0880 e. The highest BCUT2D eigenvalue weighted by atomic mass is 14.2. The first-order chi connectivity index (χ1) is 6.43. The summed E-state index contributed by atoms with van der Waals surface area (Å²) >= 11 is 0. The monoisotopic (exact) mass is 196 g/mol. The summed E-state index contributed by atoms with van der Waals surface area (Å²) in [5, 5.41) is 0. The Kier molecular flexibility index (Phi) is 6.96. The van der Waals surface area contributed by atoms with Gasteiger partial charge in [0.15, 0.2) is 0 Å². The number of hydrogen-bond donors (Lipinski definition) is 0. The molecule has 14 heavy (non-hydrogen) atoms. The first-order valence-corrected chi connectivity index (χ1v) is 6.10. The van der Waals surface area contributed by atoms with Crippen molar-refractivity contribution in [3.8, 4) is 0 Å². The zero-order valence-corrected chi connectivity index (χ0v) is 10.9. The van der Waals surface area contributed by atoms with Crippen LogP contribution in [-0.4, -0.2) is 0 Å². The third-order valence-corrected chi connectivity index (χ3v) is 2.59. The van der Waals surface area contributed by atoms with E-state index in [0.29, 0.717) is 0 Å². The van der Waals surface area contributed by atoms with Crippen molar-refractivity contribution < 1.29 is 0 Å². The maximum absolute atomic E-state index is 2.44. The van der Waals surface area contributed by atoms with Crippen LogP contribution in [0.3, 0.4) is 0 Å². The molecule has 1 atom stereocenters. The van der Waals surface area contributed by atoms with Crippen molar-refractivity contribution in [2.24, 2.45) is 23.7 Å². The SMILES string of the molecule is CC(C)C/C=C/C(CC(C)C)C(C)C. The van der Waals surface area contributed by atoms with Crippen molar-refractivity contribution in [3.63, 3.8) is 0 Å². The van der Waals surface area contributed by atoms with E-state index in [1.807, 2.05) is 0 Å². The zero-order valence-electron chi connectivity index (χ0n) is 10.9. The van der Waals surface area contributed by atoms with Crippen molar-refractivity contribution in [3.05, 3.63) is 12.2 Å². The summed E-state index contributed by atoms with van der Waals surface area (Å²) in [5.74, 6) is 3.15. The molecule has 1 unspecified atom stereocenters. The lowest BCUT2D eigenvalue weighted by molar-refractivity contribution is 0.379. The lowest BCUT2D eigenvalue weighted by Gasteiger charge is -2.19. The molecule has 0 aliphatic carbocycles. The second-order valence-electron chi connectivity index (χ2n) is 5.60. The lowest BCUT2D eigenvalue weighted by atomic mass is 9.87. The standard InChI is InChI=1S/C14H28/c1-11(2)8-7-9-14(13(5)6)10-12(3)4/h7,9,11-14H,8,10H2,1-6H3/b9-7+. The van der Waals surface area contributed by atoms with Gasteiger partial charge in [-0.1, -0.05) is 53.7 Å². The van der Waals surface area contributed by atoms with Crippen LogP contribution < -0.4 is 0 Å². The first kappa shape index (κ1) is 13.7. The van der Waals surface area contributed by atoms with E-state index >= 15 is 0 Å². The fourth-order valence-corrected chi connectivity index (χ4v) is 1.64. The van der Waals surface area contributed by atoms with E-state index in [2.05, 4.69) is 53.7 Å². The molecule has 0 heterocycles. The Bertz CT molecular complexity index is 151. The molecule has 0 radical (unpaired) electrons. The van der Waals surface area contributed by atoms with Gasteiger partial charge in [-0.15, -0.1) is 0 Å². The highest BCUT2D eigenvalue weighted by Crippen LogP contribution is 2.22. The fourth-order valence-electron chi connectivity index (χ4n) is 1.64. The van der Waals surface area contributed by atoms with Gasteiger partial charge in [-0.05, 0) is 36.5 Å². The van der Waals surface area contributed by atoms with Crippen molar-refractivity contribution >= 4 is 0 Å². The molecule has 0 aliphatic heterocycles. The molecule has 0 heteroatoms. The minimum atomic E-state index is 0.772. The topological polar surface area (TPSA) is 0 Å². The lowest BCUT2D eigenvalue weighted by Crippen LogP contribution is -2.08. The highest BCUT2D eigenvalue weighted by molar-refractivity contribution is 4.90. The van der Waals surface area contributed by atoms with Crippen LogP contribution in [0.1, 0.15) is 54.4 Å². The van der Waals surface area contributed by atoms with Crippen LogP contribution >= 0.6 is 0 Å². The summed E-state index contributed by atoms with van der Waals surface area (Å²) < 4.78 is 0. The van der Waals surface area contributed by atoms with Crippen molar-refractivity contribution in [1.29, 1.82) is 0 Å². The molecule has 0 saturated heterocycles. The molecule has 0 aliphatic rings. The van der Waals surface area contributed by atoms with Crippen LogP contribution in [0.4, 0.5) is 0 Å². The summed E-state index contributed by atoms with van der Waals surface area (Å²) in [4.78, 5) is 0. The molecule has 0 N–H and O–H groups in total. The van der Waals surface area contributed by atoms with Gasteiger partial charge >= 0.3 is 0 Å². The van der Waals surface area contributed by atoms with Gasteiger partial charge in [0.2, 0.25) is 0 Å². The second kappa shape index (κ2) is 7.09. The molecule has 0 fully saturated rings. The van der Waals surface area contributed by atoms with E-state index in [1.54, 1.807) is 0 Å². The van der Waals surface area contributed by atoms with Crippen molar-refractivity contribution in [2.45, 2.75) is 54.4 Å². The molecule has 0 bridgehead atoms. The smallest absolute Gasteiger partial charge is 0.0208 e. The van der Waals surface area contributed by atoms with Gasteiger partial charge in [0.25, 0.3) is 0 Å². The van der Waals surface area contributed by atoms with Crippen LogP contribution in [0.5, 0.6) is 0 Å². The molecular formula is C14H28. The molecule has 0 aromatic heterocycles. The van der Waals surface area contributed by atoms with Gasteiger partial charge in [-0.3, -0.25) is 0 Å². The summed E-state index contributed by atoms with van der Waals surface area (Å²) in [6, 6.07) is 0. The maximum Gasteiger partial charge on any atom is -0.0208 e. The van der Waals surface area contributed by atoms with Gasteiger partial charge in [0, 0.05) is 0 Å². The van der Waals surface area contributed by atoms with Gasteiger partial charge in [-0.2, -0.15) is 0 Å². The molecule has 0 amide bonds. The van der Waals surface area contributed by atoms with Crippen LogP contribution in [0, 0.1) is 23.7 Å². The Morgan fingerprint density at radius 1 is 0.857 bits per heavy atom. The Morgan fingerprint density at radius 2 is 1.43 bits per heavy atom. The Morgan fingerprint density at radius 3 is 1.79 bits per heavy atom. The minimum absolute atomic E-state index is 0.772. The predicted molar refractivity (Wildman–Crippen MR) is 66.4 cm³/mol. The molecule has 0 rings (SSSR count). The number of allylic oxidation sites excluding steroid dienone is 2. The highest BCUT2D eigenvalue weighted by Gasteiger charge is 2.11. The molecule has 0 saturated carbocycles. The quantitative estimate of drug-likeness (QED) is 0.530. The molecule has 0 spiro atoms. The van der Waals surface area contributed by atoms with E-state index in [1.165, 1.54) is 12.8 Å². The van der Waals surface area contributed by atoms with Crippen LogP contribution in [0.15, 0.2) is 12.2 Å². The fraction of sp³-hybridized carbons (Fsp3) is 0.857. The first-order valence-electron chi connectivity index (χ1n) is 6.10. The Labute approximate surface area is 90.8 Å². The van der Waals surface area contributed by atoms with E-state index in [0.717, 1.165) is 23.7 Å². The van der Waals surface area contributed by atoms with Crippen LogP contribution in [-0.2, 0) is 0 Å². The van der Waals surface area contributed by atoms with E-state index in [4.69, 9.17) is 0 Å². The average molecular weight is 196 g/mol. The number of rotatable bonds is 6. The average Bonchev–Trinajstić information content (AvgIpc) is 2.00. The number of hydrogen-bond acceptors (Lipinski definition) is 0. The zero-order chi connectivity index (χ0) is 11.1. The molecule has 0 aromatic carbocycles. The molecule has 0 aromatic rings. The Hall–Kier alpha value is -0.260. The normalized spacial score (nSPS) is 14.9. The second-order valence-corrected chi connectivity index (χ2v) is 5.60. The summed E-state index contributed by atoms with van der Waals surface area (Å²) in [7, 11) is 0. The van der Waals surface area contributed by atoms with E-state index in [9.17, 15) is 0 Å². The predicted octanol–water partition coefficient (Wildman–Crippen LogP) is 4.91. The summed E-state index contributed by atoms with van der Waals surface area (Å²) in [6.07, 6.45) is 7.36. The maximum atomic E-state index is 2.44. The van der Waals surface area contributed by atoms with E-state index < -0.39 is 0 Å². The molecule has 84 valence electrons. The van der Waals surface area contributed by atoms with Gasteiger partial charge in [0.1, 0.15) is 0 Å². The van der Waals surface area contributed by atoms with Gasteiger partial charge in [0.05, 0.1) is 0 Å². The molecule has 0 nitrogen and oxygen atoms in total. The Balaban J connectivity index is 4.02. The largest absolute Gasteiger partial charge is 0.0880 e.